The molecule has 0 saturated carbocycles. The Morgan fingerprint density at radius 2 is 2.17 bits per heavy atom. The Morgan fingerprint density at radius 3 is 2.93 bits per heavy atom. The summed E-state index contributed by atoms with van der Waals surface area (Å²) in [6.07, 6.45) is 1.61. The van der Waals surface area contributed by atoms with Crippen LogP contribution in [0.5, 0.6) is 0 Å². The van der Waals surface area contributed by atoms with E-state index in [1.54, 1.807) is 33.0 Å². The molecule has 3 N–H and O–H groups in total. The largest absolute Gasteiger partial charge is 0.444 e. The summed E-state index contributed by atoms with van der Waals surface area (Å²) in [4.78, 5) is 15.8. The van der Waals surface area contributed by atoms with Crippen molar-refractivity contribution in [2.45, 2.75) is 38.7 Å². The highest BCUT2D eigenvalue weighted by atomic mass is 16.6. The average Bonchev–Trinajstić information content (AvgIpc) is 3.34. The van der Waals surface area contributed by atoms with Crippen LogP contribution >= 0.6 is 0 Å². The zero-order valence-electron chi connectivity index (χ0n) is 16.8. The first-order valence-corrected chi connectivity index (χ1v) is 9.46. The van der Waals surface area contributed by atoms with Gasteiger partial charge in [0.15, 0.2) is 5.70 Å². The topological polar surface area (TPSA) is 122 Å². The molecule has 4 rings (SSSR count). The van der Waals surface area contributed by atoms with Crippen LogP contribution in [0.2, 0.25) is 0 Å². The predicted octanol–water partition coefficient (Wildman–Crippen LogP) is 3.55. The number of allylic oxidation sites excluding steroid dienone is 1. The molecule has 3 aromatic rings. The van der Waals surface area contributed by atoms with Gasteiger partial charge in [0.2, 0.25) is 0 Å². The minimum atomic E-state index is -0.575. The van der Waals surface area contributed by atoms with Crippen LogP contribution in [0.15, 0.2) is 40.4 Å². The van der Waals surface area contributed by atoms with Crippen molar-refractivity contribution < 1.29 is 14.2 Å². The summed E-state index contributed by atoms with van der Waals surface area (Å²) in [6, 6.07) is 5.57. The van der Waals surface area contributed by atoms with Crippen LogP contribution < -0.4 is 10.6 Å². The number of anilines is 1. The van der Waals surface area contributed by atoms with Gasteiger partial charge in [0.05, 0.1) is 18.7 Å². The molecular weight excluding hydrogens is 386 g/mol. The second-order valence-corrected chi connectivity index (χ2v) is 7.89. The Balaban J connectivity index is 1.64. The van der Waals surface area contributed by atoms with Gasteiger partial charge in [0, 0.05) is 17.8 Å². The van der Waals surface area contributed by atoms with Crippen LogP contribution in [0.4, 0.5) is 10.6 Å². The molecule has 0 fully saturated rings. The average molecular weight is 407 g/mol. The predicted molar refractivity (Wildman–Crippen MR) is 108 cm³/mol. The molecule has 30 heavy (non-hydrogen) atoms. The highest BCUT2D eigenvalue weighted by Gasteiger charge is 2.33. The number of benzene rings is 1. The van der Waals surface area contributed by atoms with E-state index in [4.69, 9.17) is 15.9 Å². The maximum atomic E-state index is 11.9. The number of fused-ring (bicyclic) bond motifs is 2. The van der Waals surface area contributed by atoms with E-state index in [1.165, 1.54) is 0 Å². The van der Waals surface area contributed by atoms with Gasteiger partial charge in [-0.05, 0) is 49.1 Å². The Hall–Kier alpha value is -3.87. The monoisotopic (exact) mass is 407 g/mol. The normalized spacial score (nSPS) is 16.0. The third-order valence-corrected chi connectivity index (χ3v) is 4.63. The van der Waals surface area contributed by atoms with Crippen LogP contribution in [0.3, 0.4) is 0 Å². The number of hydrogen-bond donors (Lipinski definition) is 3. The van der Waals surface area contributed by atoms with Crippen molar-refractivity contribution in [3.05, 3.63) is 58.3 Å². The van der Waals surface area contributed by atoms with Crippen LogP contribution in [-0.2, 0) is 4.74 Å². The summed E-state index contributed by atoms with van der Waals surface area (Å²) < 4.78 is 10.2. The minimum absolute atomic E-state index is 0.308. The maximum absolute atomic E-state index is 11.9. The van der Waals surface area contributed by atoms with Gasteiger partial charge in [-0.25, -0.2) is 14.3 Å². The van der Waals surface area contributed by atoms with Crippen LogP contribution in [0.1, 0.15) is 44.2 Å². The van der Waals surface area contributed by atoms with Crippen molar-refractivity contribution in [1.29, 1.82) is 0 Å². The summed E-state index contributed by atoms with van der Waals surface area (Å²) >= 11 is 0. The standard InChI is InChI=1S/C20H21N7O3/c1-20(2,3)29-19(28)22-9-8-13-17(21-4)15(12-10-23-25-18(12)24-13)11-6-5-7-14-16(11)27-30-26-14/h5-7,10,15H,8-9H2,1-3H3,(H,22,28)(H2,23,24,25). The quantitative estimate of drug-likeness (QED) is 0.565. The molecular formula is C20H21N7O3. The van der Waals surface area contributed by atoms with E-state index in [9.17, 15) is 4.79 Å². The van der Waals surface area contributed by atoms with Crippen molar-refractivity contribution in [2.24, 2.45) is 0 Å². The molecule has 0 spiro atoms. The van der Waals surface area contributed by atoms with E-state index in [0.717, 1.165) is 11.1 Å². The fraction of sp³-hybridized carbons (Fsp3) is 0.350. The molecule has 10 heteroatoms. The number of nitrogens with zero attached hydrogens (tertiary/aromatic N) is 4. The van der Waals surface area contributed by atoms with Gasteiger partial charge in [-0.1, -0.05) is 12.1 Å². The molecule has 2 aromatic heterocycles. The molecule has 3 heterocycles. The van der Waals surface area contributed by atoms with Crippen molar-refractivity contribution >= 4 is 22.9 Å². The number of carbonyl (C=O) groups excluding carboxylic acids is 1. The smallest absolute Gasteiger partial charge is 0.407 e. The second kappa shape index (κ2) is 7.51. The van der Waals surface area contributed by atoms with Gasteiger partial charge in [0.1, 0.15) is 22.5 Å². The summed E-state index contributed by atoms with van der Waals surface area (Å²) in [6.45, 7) is 13.6. The number of ether oxygens (including phenoxy) is 1. The lowest BCUT2D eigenvalue weighted by Crippen LogP contribution is -2.33. The zero-order chi connectivity index (χ0) is 21.3. The van der Waals surface area contributed by atoms with Gasteiger partial charge in [-0.2, -0.15) is 5.10 Å². The van der Waals surface area contributed by atoms with Crippen LogP contribution in [-0.4, -0.2) is 38.7 Å². The number of alkyl carbamates (subject to hydrolysis) is 1. The van der Waals surface area contributed by atoms with E-state index < -0.39 is 11.7 Å². The van der Waals surface area contributed by atoms with E-state index in [2.05, 4.69) is 36.0 Å². The Morgan fingerprint density at radius 1 is 1.33 bits per heavy atom. The number of amides is 1. The van der Waals surface area contributed by atoms with E-state index in [1.807, 2.05) is 12.1 Å². The minimum Gasteiger partial charge on any atom is -0.444 e. The Labute approximate surface area is 172 Å². The fourth-order valence-corrected chi connectivity index (χ4v) is 3.45. The Kier molecular flexibility index (Phi) is 4.87. The van der Waals surface area contributed by atoms with Gasteiger partial charge in [0.25, 0.3) is 0 Å². The zero-order valence-corrected chi connectivity index (χ0v) is 16.8. The number of H-pyrrole nitrogens is 1. The van der Waals surface area contributed by atoms with E-state index in [0.29, 0.717) is 41.2 Å². The van der Waals surface area contributed by atoms with Crippen molar-refractivity contribution in [3.8, 4) is 0 Å². The van der Waals surface area contributed by atoms with Gasteiger partial charge >= 0.3 is 6.09 Å². The van der Waals surface area contributed by atoms with Gasteiger partial charge < -0.3 is 15.4 Å². The second-order valence-electron chi connectivity index (χ2n) is 7.89. The van der Waals surface area contributed by atoms with Crippen molar-refractivity contribution in [1.82, 2.24) is 25.8 Å². The van der Waals surface area contributed by atoms with Crippen LogP contribution in [0, 0.1) is 6.57 Å². The third kappa shape index (κ3) is 3.69. The Bertz CT molecular complexity index is 1160. The first-order valence-electron chi connectivity index (χ1n) is 9.46. The number of aromatic amines is 1. The lowest BCUT2D eigenvalue weighted by Gasteiger charge is -2.26. The molecule has 154 valence electrons. The molecule has 10 nitrogen and oxygen atoms in total. The highest BCUT2D eigenvalue weighted by Crippen LogP contribution is 2.43. The third-order valence-electron chi connectivity index (χ3n) is 4.63. The molecule has 0 saturated heterocycles. The fourth-order valence-electron chi connectivity index (χ4n) is 3.45. The molecule has 1 amide bonds. The van der Waals surface area contributed by atoms with Crippen molar-refractivity contribution in [2.75, 3.05) is 11.9 Å². The molecule has 1 atom stereocenters. The molecule has 1 aliphatic rings. The highest BCUT2D eigenvalue weighted by molar-refractivity contribution is 5.80. The first kappa shape index (κ1) is 19.4. The number of nitrogens with one attached hydrogen (secondary N) is 3. The number of hydrogen-bond acceptors (Lipinski definition) is 7. The number of aromatic nitrogens is 4. The summed E-state index contributed by atoms with van der Waals surface area (Å²) in [5.41, 5.74) is 3.48. The summed E-state index contributed by atoms with van der Waals surface area (Å²) in [5, 5.41) is 21.0. The molecule has 1 unspecified atom stereocenters. The van der Waals surface area contributed by atoms with Gasteiger partial charge in [-0.15, -0.1) is 0 Å². The summed E-state index contributed by atoms with van der Waals surface area (Å²) in [5.74, 6) is 0.317. The van der Waals surface area contributed by atoms with Gasteiger partial charge in [-0.3, -0.25) is 5.10 Å². The first-order chi connectivity index (χ1) is 14.4. The molecule has 1 aliphatic heterocycles. The summed E-state index contributed by atoms with van der Waals surface area (Å²) in [7, 11) is 0. The lowest BCUT2D eigenvalue weighted by molar-refractivity contribution is 0.0528. The molecule has 0 bridgehead atoms. The molecule has 0 aliphatic carbocycles. The SMILES string of the molecule is [C-]#[N+]C1=C(CCNC(=O)OC(C)(C)C)Nc2[nH]ncc2C1c1cccc2nonc12. The lowest BCUT2D eigenvalue weighted by atomic mass is 9.85. The van der Waals surface area contributed by atoms with E-state index >= 15 is 0 Å². The molecule has 1 aromatic carbocycles. The molecule has 0 radical (unpaired) electrons. The van der Waals surface area contributed by atoms with Crippen molar-refractivity contribution in [3.63, 3.8) is 0 Å². The van der Waals surface area contributed by atoms with E-state index in [-0.39, 0.29) is 5.92 Å². The maximum Gasteiger partial charge on any atom is 0.407 e. The number of rotatable bonds is 4. The number of carbonyl (C=O) groups is 1. The van der Waals surface area contributed by atoms with Crippen LogP contribution in [0.25, 0.3) is 15.9 Å².